The van der Waals surface area contributed by atoms with Crippen molar-refractivity contribution in [1.29, 1.82) is 0 Å². The maximum Gasteiger partial charge on any atom is 0.287 e. The van der Waals surface area contributed by atoms with E-state index in [9.17, 15) is 4.79 Å². The van der Waals surface area contributed by atoms with Gasteiger partial charge in [0.05, 0.1) is 31.6 Å². The Labute approximate surface area is 139 Å². The second-order valence-corrected chi connectivity index (χ2v) is 5.31. The number of benzene rings is 1. The van der Waals surface area contributed by atoms with Gasteiger partial charge in [0.1, 0.15) is 5.02 Å². The summed E-state index contributed by atoms with van der Waals surface area (Å²) in [6, 6.07) is 9.61. The van der Waals surface area contributed by atoms with Crippen LogP contribution in [0.5, 0.6) is 0 Å². The van der Waals surface area contributed by atoms with Crippen molar-refractivity contribution in [3.8, 4) is 0 Å². The minimum absolute atomic E-state index is 0.0167. The van der Waals surface area contributed by atoms with Crippen molar-refractivity contribution < 1.29 is 9.84 Å². The maximum absolute atomic E-state index is 12.2. The molecule has 124 valence electrons. The van der Waals surface area contributed by atoms with Gasteiger partial charge in [-0.3, -0.25) is 4.79 Å². The SMILES string of the molecule is O=c1c(Cl)c(NCCCOCCO)cnn1Cc1ccccc1. The molecule has 1 aromatic heterocycles. The molecule has 0 aliphatic rings. The summed E-state index contributed by atoms with van der Waals surface area (Å²) in [5.41, 5.74) is 1.18. The number of nitrogens with one attached hydrogen (secondary N) is 1. The van der Waals surface area contributed by atoms with Gasteiger partial charge in [0.2, 0.25) is 0 Å². The van der Waals surface area contributed by atoms with E-state index in [-0.39, 0.29) is 17.2 Å². The lowest BCUT2D eigenvalue weighted by Crippen LogP contribution is -2.25. The molecule has 0 spiro atoms. The molecule has 0 fully saturated rings. The van der Waals surface area contributed by atoms with Crippen molar-refractivity contribution in [3.63, 3.8) is 0 Å². The van der Waals surface area contributed by atoms with Gasteiger partial charge in [-0.25, -0.2) is 4.68 Å². The standard InChI is InChI=1S/C16H20ClN3O3/c17-15-14(18-7-4-9-23-10-8-21)11-19-20(16(15)22)12-13-5-2-1-3-6-13/h1-3,5-6,11,18,21H,4,7-10,12H2. The fourth-order valence-corrected chi connectivity index (χ4v) is 2.23. The van der Waals surface area contributed by atoms with Crippen LogP contribution >= 0.6 is 11.6 Å². The van der Waals surface area contributed by atoms with Gasteiger partial charge >= 0.3 is 0 Å². The van der Waals surface area contributed by atoms with Gasteiger partial charge in [0, 0.05) is 13.2 Å². The molecule has 0 atom stereocenters. The summed E-state index contributed by atoms with van der Waals surface area (Å²) < 4.78 is 6.50. The second kappa shape index (κ2) is 9.29. The lowest BCUT2D eigenvalue weighted by atomic mass is 10.2. The third-order valence-corrected chi connectivity index (χ3v) is 3.54. The quantitative estimate of drug-likeness (QED) is 0.682. The molecule has 23 heavy (non-hydrogen) atoms. The van der Waals surface area contributed by atoms with Crippen LogP contribution < -0.4 is 10.9 Å². The number of halogens is 1. The Kier molecular flexibility index (Phi) is 7.06. The molecule has 1 aromatic carbocycles. The zero-order chi connectivity index (χ0) is 16.5. The van der Waals surface area contributed by atoms with Crippen LogP contribution in [0.4, 0.5) is 5.69 Å². The molecule has 0 unspecified atom stereocenters. The normalized spacial score (nSPS) is 10.7. The van der Waals surface area contributed by atoms with Crippen molar-refractivity contribution in [2.24, 2.45) is 0 Å². The minimum atomic E-state index is -0.322. The predicted octanol–water partition coefficient (Wildman–Crippen LogP) is 1.76. The average molecular weight is 338 g/mol. The molecule has 2 N–H and O–H groups in total. The lowest BCUT2D eigenvalue weighted by molar-refractivity contribution is 0.0922. The zero-order valence-electron chi connectivity index (χ0n) is 12.7. The van der Waals surface area contributed by atoms with Crippen LogP contribution in [-0.2, 0) is 11.3 Å². The number of hydrogen-bond acceptors (Lipinski definition) is 5. The Balaban J connectivity index is 1.93. The van der Waals surface area contributed by atoms with E-state index < -0.39 is 0 Å². The third-order valence-electron chi connectivity index (χ3n) is 3.18. The van der Waals surface area contributed by atoms with Gasteiger partial charge in [0.25, 0.3) is 5.56 Å². The number of aromatic nitrogens is 2. The molecule has 1 heterocycles. The molecule has 0 radical (unpaired) electrons. The summed E-state index contributed by atoms with van der Waals surface area (Å²) >= 11 is 6.13. The van der Waals surface area contributed by atoms with Crippen LogP contribution in [0.15, 0.2) is 41.3 Å². The van der Waals surface area contributed by atoms with E-state index in [0.717, 1.165) is 12.0 Å². The Hall–Kier alpha value is -1.89. The third kappa shape index (κ3) is 5.35. The van der Waals surface area contributed by atoms with Gasteiger partial charge in [-0.2, -0.15) is 5.10 Å². The van der Waals surface area contributed by atoms with Crippen LogP contribution in [0, 0.1) is 0 Å². The Morgan fingerprint density at radius 1 is 1.26 bits per heavy atom. The van der Waals surface area contributed by atoms with E-state index in [1.807, 2.05) is 30.3 Å². The largest absolute Gasteiger partial charge is 0.394 e. The summed E-state index contributed by atoms with van der Waals surface area (Å²) in [5.74, 6) is 0. The summed E-state index contributed by atoms with van der Waals surface area (Å²) in [6.45, 7) is 1.87. The molecule has 0 saturated carbocycles. The topological polar surface area (TPSA) is 76.4 Å². The first kappa shape index (κ1) is 17.5. The van der Waals surface area contributed by atoms with Crippen molar-refractivity contribution in [2.45, 2.75) is 13.0 Å². The van der Waals surface area contributed by atoms with E-state index in [1.54, 1.807) is 6.20 Å². The van der Waals surface area contributed by atoms with Gasteiger partial charge in [-0.05, 0) is 12.0 Å². The first-order chi connectivity index (χ1) is 11.2. The molecule has 0 saturated heterocycles. The Morgan fingerprint density at radius 2 is 2.04 bits per heavy atom. The number of ether oxygens (including phenoxy) is 1. The van der Waals surface area contributed by atoms with Crippen molar-refractivity contribution in [1.82, 2.24) is 9.78 Å². The molecule has 6 nitrogen and oxygen atoms in total. The number of hydrogen-bond donors (Lipinski definition) is 2. The molecule has 0 aliphatic carbocycles. The zero-order valence-corrected chi connectivity index (χ0v) is 13.5. The van der Waals surface area contributed by atoms with E-state index >= 15 is 0 Å². The first-order valence-corrected chi connectivity index (χ1v) is 7.82. The summed E-state index contributed by atoms with van der Waals surface area (Å²) in [7, 11) is 0. The van der Waals surface area contributed by atoms with Gasteiger partial charge in [-0.15, -0.1) is 0 Å². The van der Waals surface area contributed by atoms with E-state index in [2.05, 4.69) is 10.4 Å². The fraction of sp³-hybridized carbons (Fsp3) is 0.375. The highest BCUT2D eigenvalue weighted by atomic mass is 35.5. The van der Waals surface area contributed by atoms with Gasteiger partial charge in [-0.1, -0.05) is 41.9 Å². The summed E-state index contributed by atoms with van der Waals surface area (Å²) in [4.78, 5) is 12.2. The molecule has 0 aliphatic heterocycles. The molecule has 7 heteroatoms. The maximum atomic E-state index is 12.2. The van der Waals surface area contributed by atoms with Crippen LogP contribution in [0.1, 0.15) is 12.0 Å². The summed E-state index contributed by atoms with van der Waals surface area (Å²) in [5, 5.41) is 16.0. The van der Waals surface area contributed by atoms with Gasteiger partial charge < -0.3 is 15.2 Å². The summed E-state index contributed by atoms with van der Waals surface area (Å²) in [6.07, 6.45) is 2.30. The number of nitrogens with zero attached hydrogens (tertiary/aromatic N) is 2. The number of anilines is 1. The predicted molar refractivity (Wildman–Crippen MR) is 90.1 cm³/mol. The van der Waals surface area contributed by atoms with Crippen LogP contribution in [0.2, 0.25) is 5.02 Å². The highest BCUT2D eigenvalue weighted by Crippen LogP contribution is 2.15. The lowest BCUT2D eigenvalue weighted by Gasteiger charge is -2.10. The van der Waals surface area contributed by atoms with Crippen LogP contribution in [-0.4, -0.2) is 41.3 Å². The van der Waals surface area contributed by atoms with Crippen LogP contribution in [0.3, 0.4) is 0 Å². The second-order valence-electron chi connectivity index (χ2n) is 4.94. The highest BCUT2D eigenvalue weighted by Gasteiger charge is 2.09. The number of rotatable bonds is 9. The van der Waals surface area contributed by atoms with Crippen molar-refractivity contribution in [2.75, 3.05) is 31.7 Å². The molecular weight excluding hydrogens is 318 g/mol. The molecular formula is C16H20ClN3O3. The number of aliphatic hydroxyl groups excluding tert-OH is 1. The molecule has 0 bridgehead atoms. The van der Waals surface area contributed by atoms with Crippen molar-refractivity contribution >= 4 is 17.3 Å². The highest BCUT2D eigenvalue weighted by molar-refractivity contribution is 6.32. The van der Waals surface area contributed by atoms with Crippen molar-refractivity contribution in [3.05, 3.63) is 57.5 Å². The van der Waals surface area contributed by atoms with E-state index in [0.29, 0.717) is 32.0 Å². The van der Waals surface area contributed by atoms with Crippen LogP contribution in [0.25, 0.3) is 0 Å². The minimum Gasteiger partial charge on any atom is -0.394 e. The average Bonchev–Trinajstić information content (AvgIpc) is 2.58. The van der Waals surface area contributed by atoms with E-state index in [4.69, 9.17) is 21.4 Å². The fourth-order valence-electron chi connectivity index (χ4n) is 2.02. The van der Waals surface area contributed by atoms with E-state index in [1.165, 1.54) is 4.68 Å². The molecule has 0 amide bonds. The Bertz CT molecular complexity index is 661. The first-order valence-electron chi connectivity index (χ1n) is 7.44. The Morgan fingerprint density at radius 3 is 2.78 bits per heavy atom. The molecule has 2 rings (SSSR count). The number of aliphatic hydroxyl groups is 1. The monoisotopic (exact) mass is 337 g/mol. The molecule has 2 aromatic rings. The smallest absolute Gasteiger partial charge is 0.287 e. The van der Waals surface area contributed by atoms with Gasteiger partial charge in [0.15, 0.2) is 0 Å².